The quantitative estimate of drug-likeness (QED) is 0.790. The molecule has 1 aromatic carbocycles. The molecule has 120 valence electrons. The van der Waals surface area contributed by atoms with Crippen molar-refractivity contribution in [3.05, 3.63) is 29.1 Å². The number of anilines is 1. The zero-order valence-electron chi connectivity index (χ0n) is 12.1. The van der Waals surface area contributed by atoms with Crippen LogP contribution in [0.2, 0.25) is 0 Å². The van der Waals surface area contributed by atoms with Crippen molar-refractivity contribution in [2.24, 2.45) is 0 Å². The average Bonchev–Trinajstić information content (AvgIpc) is 2.97. The van der Waals surface area contributed by atoms with Gasteiger partial charge < -0.3 is 16.0 Å². The monoisotopic (exact) mass is 327 g/mol. The highest BCUT2D eigenvalue weighted by molar-refractivity contribution is 5.98. The Hall–Kier alpha value is -1.66. The molecule has 0 radical (unpaired) electrons. The van der Waals surface area contributed by atoms with Crippen LogP contribution in [0.1, 0.15) is 35.2 Å². The van der Waals surface area contributed by atoms with Crippen LogP contribution in [0.4, 0.5) is 10.1 Å². The lowest BCUT2D eigenvalue weighted by Gasteiger charge is -2.18. The van der Waals surface area contributed by atoms with Gasteiger partial charge in [0, 0.05) is 24.7 Å². The predicted molar refractivity (Wildman–Crippen MR) is 84.0 cm³/mol. The van der Waals surface area contributed by atoms with Crippen LogP contribution in [-0.4, -0.2) is 30.9 Å². The Bertz CT molecular complexity index is 588. The first-order chi connectivity index (χ1) is 10.1. The van der Waals surface area contributed by atoms with E-state index in [1.54, 1.807) is 6.07 Å². The van der Waals surface area contributed by atoms with Crippen LogP contribution in [0.5, 0.6) is 0 Å². The van der Waals surface area contributed by atoms with Gasteiger partial charge in [-0.15, -0.1) is 12.4 Å². The number of hydrogen-bond donors (Lipinski definition) is 3. The average molecular weight is 328 g/mol. The molecule has 0 bridgehead atoms. The summed E-state index contributed by atoms with van der Waals surface area (Å²) < 4.78 is 14.0. The predicted octanol–water partition coefficient (Wildman–Crippen LogP) is 1.61. The molecule has 0 aromatic heterocycles. The van der Waals surface area contributed by atoms with Crippen molar-refractivity contribution in [1.29, 1.82) is 0 Å². The highest BCUT2D eigenvalue weighted by atomic mass is 35.5. The summed E-state index contributed by atoms with van der Waals surface area (Å²) in [7, 11) is 0. The van der Waals surface area contributed by atoms with Crippen molar-refractivity contribution in [3.63, 3.8) is 0 Å². The first-order valence-corrected chi connectivity index (χ1v) is 7.27. The van der Waals surface area contributed by atoms with E-state index < -0.39 is 11.7 Å². The van der Waals surface area contributed by atoms with Gasteiger partial charge in [-0.2, -0.15) is 0 Å². The largest absolute Gasteiger partial charge is 0.350 e. The molecule has 5 nitrogen and oxygen atoms in total. The maximum atomic E-state index is 14.0. The summed E-state index contributed by atoms with van der Waals surface area (Å²) in [6.07, 6.45) is 3.03. The van der Waals surface area contributed by atoms with E-state index in [2.05, 4.69) is 16.0 Å². The zero-order chi connectivity index (χ0) is 14.8. The van der Waals surface area contributed by atoms with Crippen LogP contribution < -0.4 is 16.0 Å². The first-order valence-electron chi connectivity index (χ1n) is 7.27. The lowest BCUT2D eigenvalue weighted by Crippen LogP contribution is -2.37. The van der Waals surface area contributed by atoms with E-state index in [0.717, 1.165) is 24.9 Å². The van der Waals surface area contributed by atoms with Crippen molar-refractivity contribution < 1.29 is 14.0 Å². The van der Waals surface area contributed by atoms with E-state index in [1.165, 1.54) is 6.07 Å². The number of carbonyl (C=O) groups is 2. The SMILES string of the molecule is Cl.O=C1CCc2cc(C(=O)NCC3CCCN3)c(F)cc2N1. The number of halogens is 2. The molecule has 1 atom stereocenters. The Morgan fingerprint density at radius 1 is 1.36 bits per heavy atom. The fourth-order valence-corrected chi connectivity index (χ4v) is 2.82. The van der Waals surface area contributed by atoms with Gasteiger partial charge in [0.1, 0.15) is 5.82 Å². The Morgan fingerprint density at radius 3 is 2.91 bits per heavy atom. The molecule has 7 heteroatoms. The minimum atomic E-state index is -0.604. The first kappa shape index (κ1) is 16.7. The number of nitrogens with one attached hydrogen (secondary N) is 3. The number of carbonyl (C=O) groups excluding carboxylic acids is 2. The summed E-state index contributed by atoms with van der Waals surface area (Å²) in [5.41, 5.74) is 1.32. The lowest BCUT2D eigenvalue weighted by molar-refractivity contribution is -0.116. The number of aryl methyl sites for hydroxylation is 1. The summed E-state index contributed by atoms with van der Waals surface area (Å²) >= 11 is 0. The van der Waals surface area contributed by atoms with Gasteiger partial charge in [0.25, 0.3) is 5.91 Å². The van der Waals surface area contributed by atoms with Crippen LogP contribution in [0.25, 0.3) is 0 Å². The third-order valence-electron chi connectivity index (χ3n) is 4.00. The maximum Gasteiger partial charge on any atom is 0.254 e. The highest BCUT2D eigenvalue weighted by Crippen LogP contribution is 2.25. The van der Waals surface area contributed by atoms with Crippen LogP contribution in [-0.2, 0) is 11.2 Å². The molecule has 3 rings (SSSR count). The molecule has 0 aliphatic carbocycles. The van der Waals surface area contributed by atoms with Gasteiger partial charge >= 0.3 is 0 Å². The van der Waals surface area contributed by atoms with Crippen molar-refractivity contribution in [3.8, 4) is 0 Å². The number of fused-ring (bicyclic) bond motifs is 1. The molecular formula is C15H19ClFN3O2. The normalized spacial score (nSPS) is 19.9. The van der Waals surface area contributed by atoms with E-state index in [1.807, 2.05) is 0 Å². The molecular weight excluding hydrogens is 309 g/mol. The summed E-state index contributed by atoms with van der Waals surface area (Å²) in [5.74, 6) is -1.12. The van der Waals surface area contributed by atoms with E-state index in [0.29, 0.717) is 25.1 Å². The second kappa shape index (κ2) is 7.07. The minimum Gasteiger partial charge on any atom is -0.350 e. The number of hydrogen-bond acceptors (Lipinski definition) is 3. The van der Waals surface area contributed by atoms with Gasteiger partial charge in [0.15, 0.2) is 0 Å². The van der Waals surface area contributed by atoms with Gasteiger partial charge in [-0.1, -0.05) is 0 Å². The van der Waals surface area contributed by atoms with Gasteiger partial charge in [-0.05, 0) is 43.5 Å². The van der Waals surface area contributed by atoms with Gasteiger partial charge in [0.2, 0.25) is 5.91 Å². The number of amides is 2. The molecule has 2 aliphatic heterocycles. The Labute approximate surface area is 134 Å². The second-order valence-corrected chi connectivity index (χ2v) is 5.54. The highest BCUT2D eigenvalue weighted by Gasteiger charge is 2.21. The molecule has 0 spiro atoms. The number of rotatable bonds is 3. The molecule has 0 saturated carbocycles. The van der Waals surface area contributed by atoms with Crippen molar-refractivity contribution in [2.45, 2.75) is 31.7 Å². The third kappa shape index (κ3) is 3.56. The molecule has 2 amide bonds. The van der Waals surface area contributed by atoms with Gasteiger partial charge in [-0.3, -0.25) is 9.59 Å². The minimum absolute atomic E-state index is 0. The summed E-state index contributed by atoms with van der Waals surface area (Å²) in [4.78, 5) is 23.4. The fourth-order valence-electron chi connectivity index (χ4n) is 2.82. The molecule has 1 saturated heterocycles. The standard InChI is InChI=1S/C15H18FN3O2.ClH/c16-12-7-13-9(3-4-14(20)19-13)6-11(12)15(21)18-8-10-2-1-5-17-10;/h6-7,10,17H,1-5,8H2,(H,18,21)(H,19,20);1H. The second-order valence-electron chi connectivity index (χ2n) is 5.54. The molecule has 1 aromatic rings. The van der Waals surface area contributed by atoms with Crippen LogP contribution in [0, 0.1) is 5.82 Å². The van der Waals surface area contributed by atoms with E-state index in [-0.39, 0.29) is 29.9 Å². The van der Waals surface area contributed by atoms with Crippen molar-refractivity contribution in [1.82, 2.24) is 10.6 Å². The molecule has 1 unspecified atom stereocenters. The zero-order valence-corrected chi connectivity index (χ0v) is 12.9. The molecule has 2 heterocycles. The molecule has 3 N–H and O–H groups in total. The lowest BCUT2D eigenvalue weighted by atomic mass is 9.99. The third-order valence-corrected chi connectivity index (χ3v) is 4.00. The summed E-state index contributed by atoms with van der Waals surface area (Å²) in [5, 5.41) is 8.67. The molecule has 22 heavy (non-hydrogen) atoms. The van der Waals surface area contributed by atoms with Gasteiger partial charge in [0.05, 0.1) is 5.56 Å². The summed E-state index contributed by atoms with van der Waals surface area (Å²) in [6, 6.07) is 3.05. The maximum absolute atomic E-state index is 14.0. The Kier molecular flexibility index (Phi) is 5.37. The van der Waals surface area contributed by atoms with Gasteiger partial charge in [-0.25, -0.2) is 4.39 Å². The topological polar surface area (TPSA) is 70.2 Å². The van der Waals surface area contributed by atoms with Crippen molar-refractivity contribution in [2.75, 3.05) is 18.4 Å². The number of benzene rings is 1. The van der Waals surface area contributed by atoms with E-state index >= 15 is 0 Å². The van der Waals surface area contributed by atoms with Crippen LogP contribution >= 0.6 is 12.4 Å². The smallest absolute Gasteiger partial charge is 0.254 e. The van der Waals surface area contributed by atoms with E-state index in [9.17, 15) is 14.0 Å². The van der Waals surface area contributed by atoms with Crippen LogP contribution in [0.15, 0.2) is 12.1 Å². The molecule has 2 aliphatic rings. The van der Waals surface area contributed by atoms with Crippen LogP contribution in [0.3, 0.4) is 0 Å². The Balaban J connectivity index is 0.00000176. The van der Waals surface area contributed by atoms with E-state index in [4.69, 9.17) is 0 Å². The fraction of sp³-hybridized carbons (Fsp3) is 0.467. The summed E-state index contributed by atoms with van der Waals surface area (Å²) in [6.45, 7) is 1.47. The van der Waals surface area contributed by atoms with Crippen molar-refractivity contribution >= 4 is 29.9 Å². The molecule has 1 fully saturated rings. The Morgan fingerprint density at radius 2 is 2.18 bits per heavy atom.